The predicted octanol–water partition coefficient (Wildman–Crippen LogP) is 4.89. The number of nitrogens with one attached hydrogen (secondary N) is 1. The fourth-order valence-corrected chi connectivity index (χ4v) is 5.05. The first kappa shape index (κ1) is 25.9. The minimum absolute atomic E-state index is 0.00594. The Balaban J connectivity index is 1.36. The summed E-state index contributed by atoms with van der Waals surface area (Å²) in [4.78, 5) is 12.0. The molecule has 1 saturated carbocycles. The molecule has 1 aliphatic rings. The number of H-pyrrole nitrogens is 1. The molecule has 2 heterocycles. The molecule has 0 saturated heterocycles. The summed E-state index contributed by atoms with van der Waals surface area (Å²) in [7, 11) is 0. The molecule has 1 atom stereocenters. The fraction of sp³-hybridized carbons (Fsp3) is 0.556. The second-order valence-corrected chi connectivity index (χ2v) is 9.63. The topological polar surface area (TPSA) is 115 Å². The van der Waals surface area contributed by atoms with Crippen LogP contribution in [0.3, 0.4) is 0 Å². The molecule has 0 amide bonds. The summed E-state index contributed by atoms with van der Waals surface area (Å²) in [6.07, 6.45) is 7.94. The van der Waals surface area contributed by atoms with Gasteiger partial charge in [-0.05, 0) is 68.6 Å². The molecule has 2 aromatic heterocycles. The van der Waals surface area contributed by atoms with Gasteiger partial charge in [0.15, 0.2) is 0 Å². The highest BCUT2D eigenvalue weighted by molar-refractivity contribution is 5.89. The van der Waals surface area contributed by atoms with E-state index in [-0.39, 0.29) is 24.3 Å². The van der Waals surface area contributed by atoms with Crippen LogP contribution in [0.25, 0.3) is 11.3 Å². The number of benzene rings is 1. The van der Waals surface area contributed by atoms with Crippen molar-refractivity contribution in [2.45, 2.75) is 89.9 Å². The summed E-state index contributed by atoms with van der Waals surface area (Å²) in [5, 5.41) is 25.6. The highest BCUT2D eigenvalue weighted by Gasteiger charge is 2.28. The van der Waals surface area contributed by atoms with Gasteiger partial charge in [0.05, 0.1) is 24.4 Å². The Kier molecular flexibility index (Phi) is 8.40. The van der Waals surface area contributed by atoms with Crippen LogP contribution >= 0.6 is 0 Å². The molecule has 0 spiro atoms. The number of carbonyl (C=O) groups is 1. The van der Waals surface area contributed by atoms with E-state index in [0.717, 1.165) is 49.8 Å². The van der Waals surface area contributed by atoms with Gasteiger partial charge in [0.1, 0.15) is 6.10 Å². The average molecular weight is 496 g/mol. The number of aliphatic hydroxyl groups is 1. The van der Waals surface area contributed by atoms with E-state index in [1.807, 2.05) is 17.7 Å². The SMILES string of the molecule is CCCC(O)(CC)Cn1nccc1-c1ccc([C@H]2CC[C@H](Oc3nn[nH]c3C(=O)OCC)CC2)cc1. The number of nitrogens with zero attached hydrogens (tertiary/aromatic N) is 4. The standard InChI is InChI=1S/C27H37N5O4/c1-4-16-27(34,5-2)18-32-23(15-17-28-32)21-9-7-19(8-10-21)20-11-13-22(14-12-20)36-25-24(29-31-30-25)26(33)35-6-3/h7-10,15,17,20,22,34H,4-6,11-14,16,18H2,1-3H3,(H,29,30,31)/t20-,22-,27?. The van der Waals surface area contributed by atoms with Gasteiger partial charge in [-0.25, -0.2) is 9.89 Å². The summed E-state index contributed by atoms with van der Waals surface area (Å²) >= 11 is 0. The summed E-state index contributed by atoms with van der Waals surface area (Å²) in [6, 6.07) is 10.7. The maximum atomic E-state index is 12.0. The molecule has 0 bridgehead atoms. The van der Waals surface area contributed by atoms with Crippen molar-refractivity contribution >= 4 is 5.97 Å². The van der Waals surface area contributed by atoms with Gasteiger partial charge in [-0.1, -0.05) is 54.8 Å². The molecular weight excluding hydrogens is 458 g/mol. The lowest BCUT2D eigenvalue weighted by atomic mass is 9.82. The molecule has 3 aromatic rings. The second-order valence-electron chi connectivity index (χ2n) is 9.63. The zero-order valence-electron chi connectivity index (χ0n) is 21.4. The van der Waals surface area contributed by atoms with E-state index in [1.165, 1.54) is 5.56 Å². The molecule has 36 heavy (non-hydrogen) atoms. The highest BCUT2D eigenvalue weighted by Crippen LogP contribution is 2.35. The van der Waals surface area contributed by atoms with Crippen molar-refractivity contribution in [1.29, 1.82) is 0 Å². The Morgan fingerprint density at radius 3 is 2.56 bits per heavy atom. The van der Waals surface area contributed by atoms with E-state index in [0.29, 0.717) is 18.9 Å². The largest absolute Gasteiger partial charge is 0.472 e. The Hall–Kier alpha value is -3.20. The van der Waals surface area contributed by atoms with Crippen molar-refractivity contribution < 1.29 is 19.4 Å². The first-order valence-corrected chi connectivity index (χ1v) is 13.1. The van der Waals surface area contributed by atoms with E-state index in [1.54, 1.807) is 13.1 Å². The molecule has 4 rings (SSSR count). The molecule has 0 aliphatic heterocycles. The van der Waals surface area contributed by atoms with Crippen LogP contribution in [0, 0.1) is 0 Å². The van der Waals surface area contributed by atoms with Crippen molar-refractivity contribution in [3.63, 3.8) is 0 Å². The van der Waals surface area contributed by atoms with Gasteiger partial charge in [-0.15, -0.1) is 0 Å². The predicted molar refractivity (Wildman–Crippen MR) is 136 cm³/mol. The molecule has 1 aliphatic carbocycles. The molecule has 1 fully saturated rings. The van der Waals surface area contributed by atoms with Crippen molar-refractivity contribution in [2.24, 2.45) is 0 Å². The van der Waals surface area contributed by atoms with Crippen LogP contribution in [0.4, 0.5) is 0 Å². The zero-order chi connectivity index (χ0) is 25.5. The smallest absolute Gasteiger partial charge is 0.362 e. The highest BCUT2D eigenvalue weighted by atomic mass is 16.5. The molecule has 9 nitrogen and oxygen atoms in total. The molecule has 9 heteroatoms. The van der Waals surface area contributed by atoms with Gasteiger partial charge < -0.3 is 14.6 Å². The monoisotopic (exact) mass is 495 g/mol. The van der Waals surface area contributed by atoms with Gasteiger partial charge in [0, 0.05) is 6.20 Å². The number of esters is 1. The van der Waals surface area contributed by atoms with Crippen molar-refractivity contribution in [1.82, 2.24) is 25.2 Å². The Bertz CT molecular complexity index is 1120. The average Bonchev–Trinajstić information content (AvgIpc) is 3.54. The van der Waals surface area contributed by atoms with Crippen LogP contribution < -0.4 is 4.74 Å². The van der Waals surface area contributed by atoms with Crippen molar-refractivity contribution in [2.75, 3.05) is 6.61 Å². The summed E-state index contributed by atoms with van der Waals surface area (Å²) < 4.78 is 12.9. The molecule has 2 N–H and O–H groups in total. The third-order valence-corrected chi connectivity index (χ3v) is 7.16. The van der Waals surface area contributed by atoms with Gasteiger partial charge >= 0.3 is 5.97 Å². The lowest BCUT2D eigenvalue weighted by Gasteiger charge is -2.29. The lowest BCUT2D eigenvalue weighted by Crippen LogP contribution is -2.34. The second kappa shape index (κ2) is 11.7. The Labute approximate surface area is 212 Å². The molecule has 1 unspecified atom stereocenters. The zero-order valence-corrected chi connectivity index (χ0v) is 21.4. The van der Waals surface area contributed by atoms with Gasteiger partial charge in [-0.3, -0.25) is 4.68 Å². The van der Waals surface area contributed by atoms with E-state index >= 15 is 0 Å². The molecular formula is C27H37N5O4. The quantitative estimate of drug-likeness (QED) is 0.364. The van der Waals surface area contributed by atoms with Crippen LogP contribution in [0.15, 0.2) is 36.5 Å². The summed E-state index contributed by atoms with van der Waals surface area (Å²) in [5.41, 5.74) is 2.86. The lowest BCUT2D eigenvalue weighted by molar-refractivity contribution is 0.00713. The Morgan fingerprint density at radius 1 is 1.14 bits per heavy atom. The van der Waals surface area contributed by atoms with Crippen LogP contribution in [0.5, 0.6) is 5.88 Å². The minimum atomic E-state index is -0.737. The van der Waals surface area contributed by atoms with Crippen LogP contribution in [-0.4, -0.2) is 54.6 Å². The number of aromatic nitrogens is 5. The Morgan fingerprint density at radius 2 is 1.89 bits per heavy atom. The van der Waals surface area contributed by atoms with E-state index in [4.69, 9.17) is 9.47 Å². The molecule has 194 valence electrons. The van der Waals surface area contributed by atoms with Crippen molar-refractivity contribution in [3.05, 3.63) is 47.8 Å². The summed E-state index contributed by atoms with van der Waals surface area (Å²) in [5.74, 6) is 0.171. The number of hydrogen-bond donors (Lipinski definition) is 2. The number of aromatic amines is 1. The fourth-order valence-electron chi connectivity index (χ4n) is 5.05. The maximum Gasteiger partial charge on any atom is 0.362 e. The van der Waals surface area contributed by atoms with E-state index in [9.17, 15) is 9.90 Å². The van der Waals surface area contributed by atoms with Crippen LogP contribution in [0.2, 0.25) is 0 Å². The normalized spacial score (nSPS) is 19.6. The number of hydrogen-bond acceptors (Lipinski definition) is 7. The maximum absolute atomic E-state index is 12.0. The molecule has 0 radical (unpaired) electrons. The summed E-state index contributed by atoms with van der Waals surface area (Å²) in [6.45, 7) is 6.65. The van der Waals surface area contributed by atoms with Crippen molar-refractivity contribution in [3.8, 4) is 17.1 Å². The van der Waals surface area contributed by atoms with E-state index in [2.05, 4.69) is 51.7 Å². The van der Waals surface area contributed by atoms with Gasteiger partial charge in [0.2, 0.25) is 5.69 Å². The number of ether oxygens (including phenoxy) is 2. The minimum Gasteiger partial charge on any atom is -0.472 e. The number of carbonyl (C=O) groups excluding carboxylic acids is 1. The van der Waals surface area contributed by atoms with Crippen LogP contribution in [-0.2, 0) is 11.3 Å². The van der Waals surface area contributed by atoms with Crippen LogP contribution in [0.1, 0.15) is 87.7 Å². The van der Waals surface area contributed by atoms with Gasteiger partial charge in [-0.2, -0.15) is 5.10 Å². The molecule has 1 aromatic carbocycles. The van der Waals surface area contributed by atoms with Gasteiger partial charge in [0.25, 0.3) is 5.88 Å². The third-order valence-electron chi connectivity index (χ3n) is 7.16. The first-order chi connectivity index (χ1) is 17.5. The number of rotatable bonds is 11. The first-order valence-electron chi connectivity index (χ1n) is 13.1. The third kappa shape index (κ3) is 5.95. The van der Waals surface area contributed by atoms with E-state index < -0.39 is 11.6 Å².